The number of imidazole rings is 1. The molecule has 0 bridgehead atoms. The first kappa shape index (κ1) is 25.9. The molecule has 1 aromatic carbocycles. The van der Waals surface area contributed by atoms with Crippen LogP contribution in [-0.4, -0.2) is 36.0 Å². The molecule has 7 rings (SSSR count). The Labute approximate surface area is 243 Å². The third-order valence-corrected chi connectivity index (χ3v) is 8.16. The Bertz CT molecular complexity index is 1830. The number of allylic oxidation sites excluding steroid dienone is 3. The van der Waals surface area contributed by atoms with Crippen molar-refractivity contribution in [3.8, 4) is 22.6 Å². The van der Waals surface area contributed by atoms with E-state index in [1.54, 1.807) is 12.4 Å². The number of rotatable bonds is 6. The first-order valence-corrected chi connectivity index (χ1v) is 14.5. The smallest absolute Gasteiger partial charge is 0.224 e. The van der Waals surface area contributed by atoms with Crippen molar-refractivity contribution in [2.24, 2.45) is 11.7 Å². The Hall–Kier alpha value is -5.05. The van der Waals surface area contributed by atoms with E-state index >= 15 is 0 Å². The van der Waals surface area contributed by atoms with Crippen LogP contribution < -0.4 is 11.1 Å². The number of anilines is 1. The number of nitrogens with one attached hydrogen (secondary N) is 3. The van der Waals surface area contributed by atoms with Gasteiger partial charge in [-0.15, -0.1) is 0 Å². The number of nitrogens with two attached hydrogens (primary N) is 1. The molecule has 0 aliphatic heterocycles. The van der Waals surface area contributed by atoms with Crippen LogP contribution in [0.4, 0.5) is 5.69 Å². The summed E-state index contributed by atoms with van der Waals surface area (Å²) in [5.41, 5.74) is 14.7. The number of carbonyl (C=O) groups excluding carboxylic acids is 1. The normalized spacial score (nSPS) is 15.5. The second-order valence-electron chi connectivity index (χ2n) is 11.2. The molecule has 9 nitrogen and oxygen atoms in total. The van der Waals surface area contributed by atoms with Gasteiger partial charge in [0.15, 0.2) is 5.82 Å². The second kappa shape index (κ2) is 11.1. The molecule has 5 N–H and O–H groups in total. The summed E-state index contributed by atoms with van der Waals surface area (Å²) in [5.74, 6) is 1.19. The quantitative estimate of drug-likeness (QED) is 0.198. The topological polar surface area (TPSA) is 138 Å². The Balaban J connectivity index is 1.19. The number of hydrogen-bond acceptors (Lipinski definition) is 6. The SMILES string of the molecule is NC1=CC=C(c2ccccn2)c2nc(-c3n[nH]c4ccc(-c5cncc(NC(=O)CC6CCCCC6)c5)cc34)[nH]c2C1. The van der Waals surface area contributed by atoms with Crippen LogP contribution in [0.25, 0.3) is 39.1 Å². The lowest BCUT2D eigenvalue weighted by atomic mass is 9.87. The summed E-state index contributed by atoms with van der Waals surface area (Å²) in [4.78, 5) is 30.2. The van der Waals surface area contributed by atoms with Gasteiger partial charge in [0.1, 0.15) is 5.69 Å². The molecule has 9 heteroatoms. The zero-order chi connectivity index (χ0) is 28.5. The lowest BCUT2D eigenvalue weighted by Gasteiger charge is -2.20. The minimum atomic E-state index is 0.0561. The monoisotopic (exact) mass is 556 g/mol. The molecule has 0 saturated heterocycles. The predicted octanol–water partition coefficient (Wildman–Crippen LogP) is 6.15. The van der Waals surface area contributed by atoms with Gasteiger partial charge in [-0.05, 0) is 66.8 Å². The van der Waals surface area contributed by atoms with Crippen molar-refractivity contribution < 1.29 is 4.79 Å². The highest BCUT2D eigenvalue weighted by atomic mass is 16.1. The van der Waals surface area contributed by atoms with E-state index in [1.165, 1.54) is 19.3 Å². The van der Waals surface area contributed by atoms with Crippen LogP contribution >= 0.6 is 0 Å². The molecule has 210 valence electrons. The third-order valence-electron chi connectivity index (χ3n) is 8.16. The molecule has 0 unspecified atom stereocenters. The number of carbonyl (C=O) groups is 1. The first-order chi connectivity index (χ1) is 20.6. The van der Waals surface area contributed by atoms with Crippen molar-refractivity contribution in [1.29, 1.82) is 0 Å². The van der Waals surface area contributed by atoms with Gasteiger partial charge in [-0.25, -0.2) is 4.98 Å². The van der Waals surface area contributed by atoms with Gasteiger partial charge in [-0.1, -0.05) is 31.4 Å². The molecule has 4 aromatic heterocycles. The Morgan fingerprint density at radius 2 is 1.90 bits per heavy atom. The Morgan fingerprint density at radius 1 is 1.00 bits per heavy atom. The summed E-state index contributed by atoms with van der Waals surface area (Å²) in [7, 11) is 0. The van der Waals surface area contributed by atoms with E-state index in [0.29, 0.717) is 36.0 Å². The summed E-state index contributed by atoms with van der Waals surface area (Å²) in [6, 6.07) is 13.9. The maximum atomic E-state index is 12.7. The number of nitrogens with zero attached hydrogens (tertiary/aromatic N) is 4. The van der Waals surface area contributed by atoms with Gasteiger partial charge in [-0.3, -0.25) is 19.9 Å². The van der Waals surface area contributed by atoms with Crippen molar-refractivity contribution in [2.45, 2.75) is 44.9 Å². The number of benzene rings is 1. The first-order valence-electron chi connectivity index (χ1n) is 14.5. The minimum Gasteiger partial charge on any atom is -0.402 e. The van der Waals surface area contributed by atoms with E-state index in [2.05, 4.69) is 36.5 Å². The molecular weight excluding hydrogens is 524 g/mol. The van der Waals surface area contributed by atoms with Gasteiger partial charge in [0.2, 0.25) is 5.91 Å². The molecule has 1 saturated carbocycles. The number of H-pyrrole nitrogens is 2. The van der Waals surface area contributed by atoms with Gasteiger partial charge in [0.25, 0.3) is 0 Å². The highest BCUT2D eigenvalue weighted by Crippen LogP contribution is 2.34. The van der Waals surface area contributed by atoms with Crippen LogP contribution in [0.3, 0.4) is 0 Å². The minimum absolute atomic E-state index is 0.0561. The van der Waals surface area contributed by atoms with E-state index in [0.717, 1.165) is 63.2 Å². The van der Waals surface area contributed by atoms with Crippen LogP contribution in [0.1, 0.15) is 55.6 Å². The summed E-state index contributed by atoms with van der Waals surface area (Å²) < 4.78 is 0. The molecule has 1 amide bonds. The second-order valence-corrected chi connectivity index (χ2v) is 11.2. The number of fused-ring (bicyclic) bond motifs is 2. The van der Waals surface area contributed by atoms with E-state index in [1.807, 2.05) is 54.7 Å². The van der Waals surface area contributed by atoms with E-state index in [4.69, 9.17) is 10.7 Å². The largest absolute Gasteiger partial charge is 0.402 e. The maximum absolute atomic E-state index is 12.7. The molecule has 2 aliphatic rings. The van der Waals surface area contributed by atoms with Gasteiger partial charge in [0, 0.05) is 53.1 Å². The van der Waals surface area contributed by atoms with E-state index in [-0.39, 0.29) is 5.91 Å². The van der Waals surface area contributed by atoms with Crippen molar-refractivity contribution in [3.63, 3.8) is 0 Å². The van der Waals surface area contributed by atoms with Crippen LogP contribution in [0.15, 0.2) is 78.9 Å². The fourth-order valence-corrected chi connectivity index (χ4v) is 6.04. The van der Waals surface area contributed by atoms with Crippen molar-refractivity contribution in [2.75, 3.05) is 5.32 Å². The summed E-state index contributed by atoms with van der Waals surface area (Å²) in [6.07, 6.45) is 16.3. The van der Waals surface area contributed by atoms with Gasteiger partial charge in [-0.2, -0.15) is 5.10 Å². The third kappa shape index (κ3) is 5.21. The summed E-state index contributed by atoms with van der Waals surface area (Å²) in [5, 5.41) is 11.8. The Morgan fingerprint density at radius 3 is 2.76 bits per heavy atom. The van der Waals surface area contributed by atoms with Crippen molar-refractivity contribution in [3.05, 3.63) is 96.0 Å². The molecule has 0 atom stereocenters. The number of aromatic nitrogens is 6. The van der Waals surface area contributed by atoms with Gasteiger partial charge in [0.05, 0.1) is 28.8 Å². The van der Waals surface area contributed by atoms with Crippen LogP contribution in [-0.2, 0) is 11.2 Å². The highest BCUT2D eigenvalue weighted by molar-refractivity contribution is 5.95. The molecule has 0 spiro atoms. The molecule has 42 heavy (non-hydrogen) atoms. The molecule has 5 aromatic rings. The number of aromatic amines is 2. The van der Waals surface area contributed by atoms with Crippen LogP contribution in [0, 0.1) is 5.92 Å². The van der Waals surface area contributed by atoms with Gasteiger partial charge < -0.3 is 16.0 Å². The maximum Gasteiger partial charge on any atom is 0.224 e. The van der Waals surface area contributed by atoms with Crippen LogP contribution in [0.5, 0.6) is 0 Å². The highest BCUT2D eigenvalue weighted by Gasteiger charge is 2.22. The van der Waals surface area contributed by atoms with Gasteiger partial charge >= 0.3 is 0 Å². The molecule has 2 aliphatic carbocycles. The molecule has 1 fully saturated rings. The fraction of sp³-hybridized carbons (Fsp3) is 0.242. The summed E-state index contributed by atoms with van der Waals surface area (Å²) >= 11 is 0. The number of pyridine rings is 2. The Kier molecular flexibility index (Phi) is 6.83. The fourth-order valence-electron chi connectivity index (χ4n) is 6.04. The van der Waals surface area contributed by atoms with Crippen molar-refractivity contribution in [1.82, 2.24) is 30.1 Å². The number of amides is 1. The zero-order valence-corrected chi connectivity index (χ0v) is 23.2. The van der Waals surface area contributed by atoms with E-state index < -0.39 is 0 Å². The van der Waals surface area contributed by atoms with Crippen molar-refractivity contribution >= 4 is 28.1 Å². The average molecular weight is 557 g/mol. The molecule has 4 heterocycles. The van der Waals surface area contributed by atoms with Crippen LogP contribution in [0.2, 0.25) is 0 Å². The average Bonchev–Trinajstić information content (AvgIpc) is 3.58. The number of hydrogen-bond donors (Lipinski definition) is 4. The standard InChI is InChI=1S/C33H32N8O/c34-23-10-11-25(27-8-4-5-13-36-27)31-29(17-23)38-33(39-31)32-26-16-21(9-12-28(26)40-41-32)22-15-24(19-35-18-22)37-30(42)14-20-6-2-1-3-7-20/h4-5,8-13,15-16,18-20H,1-3,6-7,14,17,34H2,(H,37,42)(H,38,39)(H,40,41). The molecule has 0 radical (unpaired) electrons. The predicted molar refractivity (Wildman–Crippen MR) is 164 cm³/mol. The summed E-state index contributed by atoms with van der Waals surface area (Å²) in [6.45, 7) is 0. The molecular formula is C33H32N8O. The van der Waals surface area contributed by atoms with E-state index in [9.17, 15) is 4.79 Å². The lowest BCUT2D eigenvalue weighted by molar-refractivity contribution is -0.117. The zero-order valence-electron chi connectivity index (χ0n) is 23.2. The lowest BCUT2D eigenvalue weighted by Crippen LogP contribution is -2.18.